The Morgan fingerprint density at radius 1 is 1.24 bits per heavy atom. The van der Waals surface area contributed by atoms with Gasteiger partial charge >= 0.3 is 0 Å². The largest absolute Gasteiger partial charge is 0.143 e. The molecule has 0 spiro atoms. The van der Waals surface area contributed by atoms with Gasteiger partial charge < -0.3 is 0 Å². The van der Waals surface area contributed by atoms with Gasteiger partial charge in [-0.25, -0.2) is 0 Å². The van der Waals surface area contributed by atoms with E-state index in [9.17, 15) is 0 Å². The van der Waals surface area contributed by atoms with E-state index in [2.05, 4.69) is 18.7 Å². The van der Waals surface area contributed by atoms with Gasteiger partial charge in [-0.05, 0) is 29.9 Å². The van der Waals surface area contributed by atoms with Gasteiger partial charge in [0.05, 0.1) is 4.58 Å². The van der Waals surface area contributed by atoms with Crippen molar-refractivity contribution in [3.8, 4) is 0 Å². The summed E-state index contributed by atoms with van der Waals surface area (Å²) in [5.41, 5.74) is 1.31. The zero-order valence-electron chi connectivity index (χ0n) is 9.57. The molecule has 0 amide bonds. The van der Waals surface area contributed by atoms with Crippen LogP contribution < -0.4 is 0 Å². The number of hydrogen-bond donors (Lipinski definition) is 0. The molecule has 1 rings (SSSR count). The molecule has 0 aliphatic heterocycles. The lowest BCUT2D eigenvalue weighted by Crippen LogP contribution is -1.93. The van der Waals surface area contributed by atoms with E-state index in [1.165, 1.54) is 5.56 Å². The Bertz CT molecular complexity index is 325. The predicted molar refractivity (Wildman–Crippen MR) is 84.6 cm³/mol. The van der Waals surface area contributed by atoms with Gasteiger partial charge in [0.25, 0.3) is 0 Å². The van der Waals surface area contributed by atoms with Crippen LogP contribution in [0.1, 0.15) is 16.6 Å². The molecule has 1 aromatic carbocycles. The van der Waals surface area contributed by atoms with Crippen LogP contribution in [0.15, 0.2) is 36.9 Å². The van der Waals surface area contributed by atoms with Crippen LogP contribution in [0.3, 0.4) is 0 Å². The Kier molecular flexibility index (Phi) is 8.29. The zero-order valence-corrected chi connectivity index (χ0v) is 12.7. The third kappa shape index (κ3) is 6.10. The molecular formula is C13H16Cl2S2. The van der Waals surface area contributed by atoms with Gasteiger partial charge in [0, 0.05) is 16.7 Å². The van der Waals surface area contributed by atoms with Crippen molar-refractivity contribution in [3.05, 3.63) is 47.5 Å². The average Bonchev–Trinajstić information content (AvgIpc) is 2.35. The highest BCUT2D eigenvalue weighted by Crippen LogP contribution is 2.40. The molecule has 1 atom stereocenters. The molecule has 0 N–H and O–H groups in total. The maximum Gasteiger partial charge on any atom is 0.0754 e. The molecule has 0 nitrogen and oxygen atoms in total. The van der Waals surface area contributed by atoms with E-state index >= 15 is 0 Å². The lowest BCUT2D eigenvalue weighted by Gasteiger charge is -2.15. The smallest absolute Gasteiger partial charge is 0.0754 e. The van der Waals surface area contributed by atoms with Crippen molar-refractivity contribution in [1.29, 1.82) is 0 Å². The van der Waals surface area contributed by atoms with Crippen molar-refractivity contribution >= 4 is 46.7 Å². The standard InChI is InChI=1S/C13H16Cl2S2/c1-2-9-16-13(17-10-3-8-14)11-4-6-12(15)7-5-11/h2,4-7,13H,1,3,8-10H2. The molecule has 0 fully saturated rings. The molecule has 1 unspecified atom stereocenters. The van der Waals surface area contributed by atoms with Crippen LogP contribution >= 0.6 is 46.7 Å². The van der Waals surface area contributed by atoms with Crippen LogP contribution in [0.2, 0.25) is 5.02 Å². The van der Waals surface area contributed by atoms with Gasteiger partial charge in [0.2, 0.25) is 0 Å². The van der Waals surface area contributed by atoms with Gasteiger partial charge in [-0.2, -0.15) is 0 Å². The molecule has 0 aromatic heterocycles. The highest BCUT2D eigenvalue weighted by molar-refractivity contribution is 8.16. The van der Waals surface area contributed by atoms with Crippen molar-refractivity contribution in [1.82, 2.24) is 0 Å². The molecule has 4 heteroatoms. The zero-order chi connectivity index (χ0) is 12.5. The number of thioether (sulfide) groups is 2. The molecule has 0 saturated heterocycles. The van der Waals surface area contributed by atoms with Crippen LogP contribution in [0.4, 0.5) is 0 Å². The minimum atomic E-state index is 0.438. The van der Waals surface area contributed by atoms with Crippen molar-refractivity contribution in [3.63, 3.8) is 0 Å². The van der Waals surface area contributed by atoms with E-state index in [1.54, 1.807) is 0 Å². The third-order valence-electron chi connectivity index (χ3n) is 2.05. The number of rotatable bonds is 8. The van der Waals surface area contributed by atoms with Crippen molar-refractivity contribution in [2.75, 3.05) is 17.4 Å². The Morgan fingerprint density at radius 3 is 2.53 bits per heavy atom. The lowest BCUT2D eigenvalue weighted by atomic mass is 10.2. The molecular weight excluding hydrogens is 291 g/mol. The van der Waals surface area contributed by atoms with E-state index in [-0.39, 0.29) is 0 Å². The maximum absolute atomic E-state index is 5.90. The second kappa shape index (κ2) is 9.21. The van der Waals surface area contributed by atoms with Crippen LogP contribution in [-0.4, -0.2) is 17.4 Å². The molecule has 0 aliphatic carbocycles. The summed E-state index contributed by atoms with van der Waals surface area (Å²) in [5.74, 6) is 2.77. The first-order valence-corrected chi connectivity index (χ1v) is 8.44. The van der Waals surface area contributed by atoms with E-state index in [0.29, 0.717) is 4.58 Å². The predicted octanol–water partition coefficient (Wildman–Crippen LogP) is 5.62. The Hall–Kier alpha value is 0.240. The summed E-state index contributed by atoms with van der Waals surface area (Å²) in [7, 11) is 0. The molecule has 1 aromatic rings. The van der Waals surface area contributed by atoms with E-state index in [4.69, 9.17) is 23.2 Å². The number of hydrogen-bond acceptors (Lipinski definition) is 2. The highest BCUT2D eigenvalue weighted by atomic mass is 35.5. The Balaban J connectivity index is 2.60. The topological polar surface area (TPSA) is 0 Å². The first kappa shape index (κ1) is 15.3. The summed E-state index contributed by atoms with van der Waals surface area (Å²) in [4.78, 5) is 0. The van der Waals surface area contributed by atoms with Crippen LogP contribution in [0, 0.1) is 0 Å². The quantitative estimate of drug-likeness (QED) is 0.264. The normalized spacial score (nSPS) is 12.4. The van der Waals surface area contributed by atoms with Crippen LogP contribution in [-0.2, 0) is 0 Å². The number of halogens is 2. The summed E-state index contributed by atoms with van der Waals surface area (Å²) < 4.78 is 0.438. The highest BCUT2D eigenvalue weighted by Gasteiger charge is 2.11. The SMILES string of the molecule is C=CCSC(SCCCCl)c1ccc(Cl)cc1. The minimum absolute atomic E-state index is 0.438. The van der Waals surface area contributed by atoms with E-state index in [0.717, 1.165) is 28.8 Å². The van der Waals surface area contributed by atoms with Crippen LogP contribution in [0.5, 0.6) is 0 Å². The molecule has 17 heavy (non-hydrogen) atoms. The maximum atomic E-state index is 5.90. The van der Waals surface area contributed by atoms with E-state index < -0.39 is 0 Å². The molecule has 0 saturated carbocycles. The molecule has 0 aliphatic rings. The summed E-state index contributed by atoms with van der Waals surface area (Å²) in [6.45, 7) is 3.76. The van der Waals surface area contributed by atoms with Gasteiger partial charge in [0.15, 0.2) is 0 Å². The Morgan fingerprint density at radius 2 is 1.94 bits per heavy atom. The fraction of sp³-hybridized carbons (Fsp3) is 0.385. The second-order valence-corrected chi connectivity index (χ2v) is 6.88. The monoisotopic (exact) mass is 306 g/mol. The average molecular weight is 307 g/mol. The number of alkyl halides is 1. The molecule has 94 valence electrons. The third-order valence-corrected chi connectivity index (χ3v) is 5.49. The molecule has 0 bridgehead atoms. The molecule has 0 radical (unpaired) electrons. The van der Waals surface area contributed by atoms with Crippen LogP contribution in [0.25, 0.3) is 0 Å². The summed E-state index contributed by atoms with van der Waals surface area (Å²) >= 11 is 15.4. The minimum Gasteiger partial charge on any atom is -0.143 e. The van der Waals surface area contributed by atoms with Gasteiger partial charge in [-0.15, -0.1) is 41.7 Å². The van der Waals surface area contributed by atoms with Crippen molar-refractivity contribution in [2.24, 2.45) is 0 Å². The fourth-order valence-corrected chi connectivity index (χ4v) is 4.12. The Labute approximate surface area is 122 Å². The lowest BCUT2D eigenvalue weighted by molar-refractivity contribution is 1.11. The van der Waals surface area contributed by atoms with Gasteiger partial charge in [-0.1, -0.05) is 29.8 Å². The van der Waals surface area contributed by atoms with Crippen molar-refractivity contribution in [2.45, 2.75) is 11.0 Å². The summed E-state index contributed by atoms with van der Waals surface area (Å²) in [5, 5.41) is 0.784. The van der Waals surface area contributed by atoms with E-state index in [1.807, 2.05) is 41.7 Å². The second-order valence-electron chi connectivity index (χ2n) is 3.42. The van der Waals surface area contributed by atoms with Gasteiger partial charge in [-0.3, -0.25) is 0 Å². The summed E-state index contributed by atoms with van der Waals surface area (Å²) in [6.07, 6.45) is 2.99. The molecule has 0 heterocycles. The first-order valence-electron chi connectivity index (χ1n) is 5.43. The number of benzene rings is 1. The van der Waals surface area contributed by atoms with Gasteiger partial charge in [0.1, 0.15) is 0 Å². The summed E-state index contributed by atoms with van der Waals surface area (Å²) in [6, 6.07) is 8.08. The fourth-order valence-electron chi connectivity index (χ4n) is 1.26. The first-order chi connectivity index (χ1) is 8.27. The van der Waals surface area contributed by atoms with Crippen molar-refractivity contribution < 1.29 is 0 Å².